The van der Waals surface area contributed by atoms with Crippen LogP contribution in [0.2, 0.25) is 0 Å². The highest BCUT2D eigenvalue weighted by Crippen LogP contribution is 2.31. The van der Waals surface area contributed by atoms with Crippen LogP contribution in [0.15, 0.2) is 4.99 Å². The van der Waals surface area contributed by atoms with Gasteiger partial charge in [0.1, 0.15) is 0 Å². The first kappa shape index (κ1) is 8.76. The molecule has 2 aliphatic rings. The van der Waals surface area contributed by atoms with Gasteiger partial charge in [-0.1, -0.05) is 26.7 Å². The number of hydrogen-bond donors (Lipinski definition) is 0. The Hall–Kier alpha value is -0.330. The van der Waals surface area contributed by atoms with E-state index in [-0.39, 0.29) is 0 Å². The Morgan fingerprint density at radius 3 is 2.64 bits per heavy atom. The van der Waals surface area contributed by atoms with Crippen LogP contribution in [0, 0.1) is 5.92 Å². The van der Waals surface area contributed by atoms with Crippen molar-refractivity contribution in [2.45, 2.75) is 52.0 Å². The van der Waals surface area contributed by atoms with Crippen LogP contribution < -0.4 is 0 Å². The van der Waals surface area contributed by atoms with Crippen LogP contribution in [-0.2, 0) is 0 Å². The Balaban J connectivity index is 0.000000281. The van der Waals surface area contributed by atoms with E-state index < -0.39 is 0 Å². The fourth-order valence-electron chi connectivity index (χ4n) is 1.99. The molecule has 1 aliphatic heterocycles. The van der Waals surface area contributed by atoms with Crippen LogP contribution in [0.1, 0.15) is 46.0 Å². The van der Waals surface area contributed by atoms with Gasteiger partial charge in [-0.3, -0.25) is 4.99 Å². The maximum atomic E-state index is 4.43. The van der Waals surface area contributed by atoms with E-state index in [1.54, 1.807) is 0 Å². The molecule has 0 saturated heterocycles. The van der Waals surface area contributed by atoms with Crippen molar-refractivity contribution < 1.29 is 0 Å². The quantitative estimate of drug-likeness (QED) is 0.507. The summed E-state index contributed by atoms with van der Waals surface area (Å²) in [5, 5.41) is 0. The first-order valence-corrected chi connectivity index (χ1v) is 4.98. The summed E-state index contributed by atoms with van der Waals surface area (Å²) >= 11 is 0. The molecule has 1 heterocycles. The number of rotatable bonds is 0. The molecule has 0 radical (unpaired) electrons. The first-order valence-electron chi connectivity index (χ1n) is 4.98. The number of fused-ring (bicyclic) bond motifs is 1. The van der Waals surface area contributed by atoms with Crippen molar-refractivity contribution in [3.05, 3.63) is 0 Å². The average Bonchev–Trinajstić information content (AvgIpc) is 2.55. The molecule has 0 bridgehead atoms. The molecule has 64 valence electrons. The monoisotopic (exact) mass is 153 g/mol. The SMILES string of the molecule is C1=NC2CCCCC2C1.CC. The molecular formula is C10H19N. The fourth-order valence-corrected chi connectivity index (χ4v) is 1.99. The molecule has 0 N–H and O–H groups in total. The van der Waals surface area contributed by atoms with Crippen LogP contribution in [0.3, 0.4) is 0 Å². The van der Waals surface area contributed by atoms with Crippen molar-refractivity contribution in [3.63, 3.8) is 0 Å². The van der Waals surface area contributed by atoms with Crippen LogP contribution in [0.4, 0.5) is 0 Å². The summed E-state index contributed by atoms with van der Waals surface area (Å²) in [7, 11) is 0. The molecule has 0 amide bonds. The molecule has 0 aromatic carbocycles. The molecule has 0 spiro atoms. The molecular weight excluding hydrogens is 134 g/mol. The third-order valence-corrected chi connectivity index (χ3v) is 2.57. The molecule has 2 rings (SSSR count). The van der Waals surface area contributed by atoms with Crippen molar-refractivity contribution in [2.24, 2.45) is 10.9 Å². The van der Waals surface area contributed by atoms with Gasteiger partial charge in [0.15, 0.2) is 0 Å². The highest BCUT2D eigenvalue weighted by atomic mass is 14.8. The van der Waals surface area contributed by atoms with Gasteiger partial charge in [-0.15, -0.1) is 0 Å². The Labute approximate surface area is 69.9 Å². The van der Waals surface area contributed by atoms with Crippen molar-refractivity contribution in [3.8, 4) is 0 Å². The van der Waals surface area contributed by atoms with E-state index in [2.05, 4.69) is 11.2 Å². The summed E-state index contributed by atoms with van der Waals surface area (Å²) in [5.74, 6) is 0.943. The number of aliphatic imine (C=N–C) groups is 1. The second-order valence-electron chi connectivity index (χ2n) is 3.18. The normalized spacial score (nSPS) is 34.0. The van der Waals surface area contributed by atoms with Crippen LogP contribution in [0.25, 0.3) is 0 Å². The Morgan fingerprint density at radius 2 is 1.91 bits per heavy atom. The Kier molecular flexibility index (Phi) is 3.61. The lowest BCUT2D eigenvalue weighted by Gasteiger charge is -2.22. The highest BCUT2D eigenvalue weighted by Gasteiger charge is 2.26. The van der Waals surface area contributed by atoms with Gasteiger partial charge >= 0.3 is 0 Å². The van der Waals surface area contributed by atoms with Gasteiger partial charge < -0.3 is 0 Å². The predicted molar refractivity (Wildman–Crippen MR) is 50.2 cm³/mol. The first-order chi connectivity index (χ1) is 5.47. The molecule has 2 unspecified atom stereocenters. The molecule has 0 aromatic heterocycles. The minimum atomic E-state index is 0.735. The predicted octanol–water partition coefficient (Wildman–Crippen LogP) is 3.05. The van der Waals surface area contributed by atoms with Gasteiger partial charge in [-0.2, -0.15) is 0 Å². The lowest BCUT2D eigenvalue weighted by molar-refractivity contribution is 0.337. The van der Waals surface area contributed by atoms with Gasteiger partial charge in [0.2, 0.25) is 0 Å². The minimum Gasteiger partial charge on any atom is -0.294 e. The third-order valence-electron chi connectivity index (χ3n) is 2.57. The second kappa shape index (κ2) is 4.53. The summed E-state index contributed by atoms with van der Waals surface area (Å²) in [6.07, 6.45) is 9.06. The smallest absolute Gasteiger partial charge is 0.0527 e. The van der Waals surface area contributed by atoms with Crippen molar-refractivity contribution in [1.82, 2.24) is 0 Å². The Bertz CT molecular complexity index is 129. The zero-order valence-corrected chi connectivity index (χ0v) is 7.71. The second-order valence-corrected chi connectivity index (χ2v) is 3.18. The number of nitrogens with zero attached hydrogens (tertiary/aromatic N) is 1. The number of hydrogen-bond acceptors (Lipinski definition) is 1. The summed E-state index contributed by atoms with van der Waals surface area (Å²) in [6.45, 7) is 4.00. The Morgan fingerprint density at radius 1 is 1.18 bits per heavy atom. The minimum absolute atomic E-state index is 0.735. The van der Waals surface area contributed by atoms with E-state index >= 15 is 0 Å². The lowest BCUT2D eigenvalue weighted by atomic mass is 9.85. The summed E-state index contributed by atoms with van der Waals surface area (Å²) in [6, 6.07) is 0.735. The highest BCUT2D eigenvalue weighted by molar-refractivity contribution is 5.60. The van der Waals surface area contributed by atoms with E-state index in [1.165, 1.54) is 32.1 Å². The molecule has 1 aliphatic carbocycles. The summed E-state index contributed by atoms with van der Waals surface area (Å²) in [4.78, 5) is 4.43. The molecule has 2 atom stereocenters. The molecule has 11 heavy (non-hydrogen) atoms. The van der Waals surface area contributed by atoms with Gasteiger partial charge in [0.05, 0.1) is 6.04 Å². The molecule has 0 aromatic rings. The van der Waals surface area contributed by atoms with E-state index in [1.807, 2.05) is 13.8 Å². The largest absolute Gasteiger partial charge is 0.294 e. The van der Waals surface area contributed by atoms with Crippen molar-refractivity contribution in [1.29, 1.82) is 0 Å². The zero-order valence-electron chi connectivity index (χ0n) is 7.71. The maximum Gasteiger partial charge on any atom is 0.0527 e. The van der Waals surface area contributed by atoms with Gasteiger partial charge in [-0.05, 0) is 31.4 Å². The maximum absolute atomic E-state index is 4.43. The van der Waals surface area contributed by atoms with Crippen LogP contribution in [-0.4, -0.2) is 12.3 Å². The van der Waals surface area contributed by atoms with E-state index in [4.69, 9.17) is 0 Å². The van der Waals surface area contributed by atoms with Crippen LogP contribution in [0.5, 0.6) is 0 Å². The topological polar surface area (TPSA) is 12.4 Å². The fraction of sp³-hybridized carbons (Fsp3) is 0.900. The van der Waals surface area contributed by atoms with E-state index in [9.17, 15) is 0 Å². The van der Waals surface area contributed by atoms with Gasteiger partial charge in [0, 0.05) is 0 Å². The lowest BCUT2D eigenvalue weighted by Crippen LogP contribution is -2.18. The van der Waals surface area contributed by atoms with Gasteiger partial charge in [0.25, 0.3) is 0 Å². The summed E-state index contributed by atoms with van der Waals surface area (Å²) in [5.41, 5.74) is 0. The average molecular weight is 153 g/mol. The van der Waals surface area contributed by atoms with E-state index in [0.29, 0.717) is 0 Å². The van der Waals surface area contributed by atoms with Crippen LogP contribution >= 0.6 is 0 Å². The summed E-state index contributed by atoms with van der Waals surface area (Å²) < 4.78 is 0. The molecule has 1 fully saturated rings. The third kappa shape index (κ3) is 2.05. The molecule has 1 heteroatoms. The molecule has 1 nitrogen and oxygen atoms in total. The standard InChI is InChI=1S/C8H13N.C2H6/c1-2-4-8-7(3-1)5-6-9-8;1-2/h6-8H,1-5H2;1-2H3. The van der Waals surface area contributed by atoms with Crippen molar-refractivity contribution in [2.75, 3.05) is 0 Å². The molecule has 1 saturated carbocycles. The van der Waals surface area contributed by atoms with Gasteiger partial charge in [-0.25, -0.2) is 0 Å². The van der Waals surface area contributed by atoms with Crippen molar-refractivity contribution >= 4 is 6.21 Å². The zero-order chi connectivity index (χ0) is 8.10. The van der Waals surface area contributed by atoms with E-state index in [0.717, 1.165) is 12.0 Å².